The molecule has 1 fully saturated rings. The summed E-state index contributed by atoms with van der Waals surface area (Å²) in [4.78, 5) is 36.3. The molecule has 0 radical (unpaired) electrons. The maximum atomic E-state index is 14.1. The van der Waals surface area contributed by atoms with Gasteiger partial charge in [0.15, 0.2) is 0 Å². The Labute approximate surface area is 179 Å². The Kier molecular flexibility index (Phi) is 6.23. The highest BCUT2D eigenvalue weighted by Gasteiger charge is 2.42. The maximum Gasteiger partial charge on any atom is 0.258 e. The van der Waals surface area contributed by atoms with Crippen molar-refractivity contribution < 1.29 is 27.2 Å². The van der Waals surface area contributed by atoms with Gasteiger partial charge in [0, 0.05) is 12.1 Å². The summed E-state index contributed by atoms with van der Waals surface area (Å²) in [5.41, 5.74) is -0.214. The standard InChI is InChI=1S/C21H22FN3O5S/c1-3-21(11-10-18(26)25-20(21)28)13-4-6-14(7-5-13)24-19(27)16-12-15(8-9-17(16)22)31(29,30)23-2/h4-9,12,23H,3,10-11H2,1-2H3,(H,24,27)(H,25,26,28). The number of imide groups is 1. The van der Waals surface area contributed by atoms with Gasteiger partial charge in [-0.1, -0.05) is 19.1 Å². The molecule has 3 rings (SSSR count). The second-order valence-electron chi connectivity index (χ2n) is 7.19. The third-order valence-electron chi connectivity index (χ3n) is 5.53. The first-order valence-corrected chi connectivity index (χ1v) is 11.1. The summed E-state index contributed by atoms with van der Waals surface area (Å²) in [6.07, 6.45) is 1.12. The van der Waals surface area contributed by atoms with Crippen LogP contribution < -0.4 is 15.4 Å². The molecule has 0 spiro atoms. The van der Waals surface area contributed by atoms with Crippen molar-refractivity contribution in [2.45, 2.75) is 36.5 Å². The summed E-state index contributed by atoms with van der Waals surface area (Å²) in [5, 5.41) is 4.90. The fourth-order valence-corrected chi connectivity index (χ4v) is 4.36. The van der Waals surface area contributed by atoms with Gasteiger partial charge in [0.25, 0.3) is 5.91 Å². The predicted octanol–water partition coefficient (Wildman–Crippen LogP) is 2.07. The van der Waals surface area contributed by atoms with Crippen LogP contribution in [0.1, 0.15) is 42.1 Å². The van der Waals surface area contributed by atoms with Crippen LogP contribution in [0.5, 0.6) is 0 Å². The molecule has 8 nitrogen and oxygen atoms in total. The van der Waals surface area contributed by atoms with Gasteiger partial charge in [-0.25, -0.2) is 17.5 Å². The van der Waals surface area contributed by atoms with Crippen LogP contribution in [0.2, 0.25) is 0 Å². The third kappa shape index (κ3) is 4.35. The molecule has 31 heavy (non-hydrogen) atoms. The van der Waals surface area contributed by atoms with Crippen molar-refractivity contribution >= 4 is 33.4 Å². The van der Waals surface area contributed by atoms with Gasteiger partial charge in [-0.05, 0) is 55.8 Å². The molecule has 2 aromatic carbocycles. The Morgan fingerprint density at radius 3 is 2.42 bits per heavy atom. The zero-order chi connectivity index (χ0) is 22.8. The first-order chi connectivity index (χ1) is 14.6. The molecule has 0 saturated carbocycles. The van der Waals surface area contributed by atoms with Crippen LogP contribution in [0.3, 0.4) is 0 Å². The normalized spacial score (nSPS) is 19.1. The monoisotopic (exact) mass is 447 g/mol. The van der Waals surface area contributed by atoms with E-state index in [1.165, 1.54) is 7.05 Å². The van der Waals surface area contributed by atoms with Gasteiger partial charge in [0.1, 0.15) is 5.82 Å². The average molecular weight is 447 g/mol. The molecule has 1 unspecified atom stereocenters. The van der Waals surface area contributed by atoms with Gasteiger partial charge in [-0.2, -0.15) is 0 Å². The number of hydrogen-bond donors (Lipinski definition) is 3. The van der Waals surface area contributed by atoms with E-state index in [0.29, 0.717) is 24.1 Å². The summed E-state index contributed by atoms with van der Waals surface area (Å²) in [5.74, 6) is -2.34. The second-order valence-corrected chi connectivity index (χ2v) is 9.08. The molecular formula is C21H22FN3O5S. The van der Waals surface area contributed by atoms with Crippen molar-refractivity contribution in [3.05, 3.63) is 59.4 Å². The van der Waals surface area contributed by atoms with Gasteiger partial charge in [-0.15, -0.1) is 0 Å². The van der Waals surface area contributed by atoms with Gasteiger partial charge in [-0.3, -0.25) is 19.7 Å². The Balaban J connectivity index is 1.83. The van der Waals surface area contributed by atoms with Crippen LogP contribution in [0.25, 0.3) is 0 Å². The van der Waals surface area contributed by atoms with Crippen molar-refractivity contribution in [1.82, 2.24) is 10.0 Å². The largest absolute Gasteiger partial charge is 0.322 e. The third-order valence-corrected chi connectivity index (χ3v) is 6.94. The highest BCUT2D eigenvalue weighted by atomic mass is 32.2. The van der Waals surface area contributed by atoms with Crippen LogP contribution >= 0.6 is 0 Å². The van der Waals surface area contributed by atoms with Crippen LogP contribution in [0.4, 0.5) is 10.1 Å². The molecule has 1 atom stereocenters. The quantitative estimate of drug-likeness (QED) is 0.586. The minimum absolute atomic E-state index is 0.236. The van der Waals surface area contributed by atoms with Crippen LogP contribution in [0, 0.1) is 5.82 Å². The highest BCUT2D eigenvalue weighted by Crippen LogP contribution is 2.36. The molecule has 2 aromatic rings. The predicted molar refractivity (Wildman–Crippen MR) is 111 cm³/mol. The SMILES string of the molecule is CCC1(c2ccc(NC(=O)c3cc(S(=O)(=O)NC)ccc3F)cc2)CCC(=O)NC1=O. The number of rotatable bonds is 6. The molecule has 0 bridgehead atoms. The van der Waals surface area contributed by atoms with Crippen LogP contribution in [-0.4, -0.2) is 33.2 Å². The number of carbonyl (C=O) groups excluding carboxylic acids is 3. The lowest BCUT2D eigenvalue weighted by Gasteiger charge is -2.35. The van der Waals surface area contributed by atoms with Gasteiger partial charge in [0.2, 0.25) is 21.8 Å². The van der Waals surface area contributed by atoms with Crippen molar-refractivity contribution in [2.24, 2.45) is 0 Å². The Bertz CT molecular complexity index is 1150. The van der Waals surface area contributed by atoms with E-state index in [4.69, 9.17) is 0 Å². The summed E-state index contributed by atoms with van der Waals surface area (Å²) in [7, 11) is -2.63. The number of hydrogen-bond acceptors (Lipinski definition) is 5. The van der Waals surface area contributed by atoms with Crippen LogP contribution in [0.15, 0.2) is 47.4 Å². The number of nitrogens with one attached hydrogen (secondary N) is 3. The first kappa shape index (κ1) is 22.6. The number of sulfonamides is 1. The summed E-state index contributed by atoms with van der Waals surface area (Å²) in [6, 6.07) is 9.42. The van der Waals surface area contributed by atoms with Crippen molar-refractivity contribution in [2.75, 3.05) is 12.4 Å². The molecule has 1 aliphatic rings. The van der Waals surface area contributed by atoms with Gasteiger partial charge < -0.3 is 5.32 Å². The number of halogens is 1. The Hall–Kier alpha value is -3.11. The smallest absolute Gasteiger partial charge is 0.258 e. The lowest BCUT2D eigenvalue weighted by Crippen LogP contribution is -2.51. The second kappa shape index (κ2) is 8.56. The molecule has 164 valence electrons. The minimum atomic E-state index is -3.84. The van der Waals surface area contributed by atoms with E-state index in [-0.39, 0.29) is 23.1 Å². The zero-order valence-corrected chi connectivity index (χ0v) is 17.8. The summed E-state index contributed by atoms with van der Waals surface area (Å²) in [6.45, 7) is 1.86. The zero-order valence-electron chi connectivity index (χ0n) is 17.0. The molecule has 0 aromatic heterocycles. The molecule has 10 heteroatoms. The molecule has 0 aliphatic carbocycles. The van der Waals surface area contributed by atoms with Crippen LogP contribution in [-0.2, 0) is 25.0 Å². The van der Waals surface area contributed by atoms with E-state index in [0.717, 1.165) is 18.2 Å². The lowest BCUT2D eigenvalue weighted by molar-refractivity contribution is -0.138. The molecule has 1 heterocycles. The van der Waals surface area contributed by atoms with E-state index < -0.39 is 32.7 Å². The fraction of sp³-hybridized carbons (Fsp3) is 0.286. The van der Waals surface area contributed by atoms with E-state index in [9.17, 15) is 27.2 Å². The molecule has 3 N–H and O–H groups in total. The topological polar surface area (TPSA) is 121 Å². The molecule has 1 aliphatic heterocycles. The Morgan fingerprint density at radius 1 is 1.16 bits per heavy atom. The molecule has 1 saturated heterocycles. The average Bonchev–Trinajstić information content (AvgIpc) is 2.75. The summed E-state index contributed by atoms with van der Waals surface area (Å²) >= 11 is 0. The van der Waals surface area contributed by atoms with E-state index >= 15 is 0 Å². The number of amides is 3. The van der Waals surface area contributed by atoms with Crippen molar-refractivity contribution in [3.63, 3.8) is 0 Å². The van der Waals surface area contributed by atoms with Gasteiger partial charge in [0.05, 0.1) is 15.9 Å². The molecular weight excluding hydrogens is 425 g/mol. The Morgan fingerprint density at radius 2 is 1.84 bits per heavy atom. The van der Waals surface area contributed by atoms with E-state index in [2.05, 4.69) is 15.4 Å². The van der Waals surface area contributed by atoms with Crippen molar-refractivity contribution in [1.29, 1.82) is 0 Å². The highest BCUT2D eigenvalue weighted by molar-refractivity contribution is 7.89. The lowest BCUT2D eigenvalue weighted by atomic mass is 9.72. The van der Waals surface area contributed by atoms with E-state index in [1.54, 1.807) is 24.3 Å². The van der Waals surface area contributed by atoms with Gasteiger partial charge >= 0.3 is 0 Å². The number of anilines is 1. The van der Waals surface area contributed by atoms with E-state index in [1.807, 2.05) is 6.92 Å². The number of carbonyl (C=O) groups is 3. The summed E-state index contributed by atoms with van der Waals surface area (Å²) < 4.78 is 40.1. The van der Waals surface area contributed by atoms with Crippen molar-refractivity contribution in [3.8, 4) is 0 Å². The first-order valence-electron chi connectivity index (χ1n) is 9.62. The number of benzene rings is 2. The minimum Gasteiger partial charge on any atom is -0.322 e. The maximum absolute atomic E-state index is 14.1. The number of piperidine rings is 1. The fourth-order valence-electron chi connectivity index (χ4n) is 3.60. The molecule has 3 amide bonds.